The van der Waals surface area contributed by atoms with Crippen molar-refractivity contribution >= 4 is 28.7 Å². The Morgan fingerprint density at radius 3 is 2.40 bits per heavy atom. The van der Waals surface area contributed by atoms with Crippen molar-refractivity contribution in [2.75, 3.05) is 0 Å². The first-order valence-electron chi connectivity index (χ1n) is 11.3. The number of aromatic nitrogens is 1. The summed E-state index contributed by atoms with van der Waals surface area (Å²) in [6.07, 6.45) is 0. The lowest BCUT2D eigenvalue weighted by molar-refractivity contribution is -0.123. The van der Waals surface area contributed by atoms with Crippen LogP contribution in [-0.4, -0.2) is 22.8 Å². The third-order valence-corrected chi connectivity index (χ3v) is 6.31. The van der Waals surface area contributed by atoms with E-state index in [0.717, 1.165) is 33.3 Å². The van der Waals surface area contributed by atoms with Gasteiger partial charge in [-0.15, -0.1) is 0 Å². The van der Waals surface area contributed by atoms with Gasteiger partial charge in [0.25, 0.3) is 11.8 Å². The van der Waals surface area contributed by atoms with Gasteiger partial charge in [0.05, 0.1) is 16.8 Å². The molecule has 4 aromatic rings. The van der Waals surface area contributed by atoms with Gasteiger partial charge < -0.3 is 10.6 Å². The van der Waals surface area contributed by atoms with Gasteiger partial charge in [0.1, 0.15) is 5.54 Å². The molecule has 174 valence electrons. The van der Waals surface area contributed by atoms with Crippen molar-refractivity contribution in [2.24, 2.45) is 0 Å². The molecule has 1 aliphatic heterocycles. The van der Waals surface area contributed by atoms with E-state index >= 15 is 0 Å². The number of benzene rings is 3. The van der Waals surface area contributed by atoms with Gasteiger partial charge in [0, 0.05) is 17.5 Å². The first kappa shape index (κ1) is 22.3. The molecule has 7 nitrogen and oxygen atoms in total. The number of amides is 4. The maximum absolute atomic E-state index is 13.3. The number of aryl methyl sites for hydroxylation is 1. The lowest BCUT2D eigenvalue weighted by atomic mass is 9.91. The molecule has 1 atom stereocenters. The molecule has 35 heavy (non-hydrogen) atoms. The third-order valence-electron chi connectivity index (χ3n) is 6.31. The van der Waals surface area contributed by atoms with Gasteiger partial charge >= 0.3 is 6.03 Å². The maximum atomic E-state index is 13.3. The lowest BCUT2D eigenvalue weighted by Crippen LogP contribution is -2.40. The van der Waals surface area contributed by atoms with Gasteiger partial charge in [-0.05, 0) is 43.2 Å². The molecule has 0 aliphatic carbocycles. The van der Waals surface area contributed by atoms with Crippen molar-refractivity contribution in [1.29, 1.82) is 0 Å². The standard InChI is InChI=1S/C28H24N4O3/c1-17-8-13-23-21(14-17)22(15-24(30-23)19-6-4-3-5-7-19)25(33)29-16-18-9-11-20(12-10-18)28(2)26(34)31-27(35)32-28/h3-15H,16H2,1-2H3,(H,29,33)(H2,31,32,34,35). The SMILES string of the molecule is Cc1ccc2nc(-c3ccccc3)cc(C(=O)NCc3ccc(C4(C)NC(=O)NC4=O)cc3)c2c1. The highest BCUT2D eigenvalue weighted by molar-refractivity contribution is 6.08. The van der Waals surface area contributed by atoms with Crippen molar-refractivity contribution in [1.82, 2.24) is 20.9 Å². The highest BCUT2D eigenvalue weighted by Crippen LogP contribution is 2.27. The largest absolute Gasteiger partial charge is 0.348 e. The number of hydrogen-bond donors (Lipinski definition) is 3. The summed E-state index contributed by atoms with van der Waals surface area (Å²) in [6, 6.07) is 24.2. The molecule has 1 unspecified atom stereocenters. The molecule has 3 aromatic carbocycles. The molecular weight excluding hydrogens is 440 g/mol. The third kappa shape index (κ3) is 4.24. The second-order valence-electron chi connectivity index (χ2n) is 8.85. The molecule has 2 heterocycles. The Kier molecular flexibility index (Phi) is 5.53. The fraction of sp³-hybridized carbons (Fsp3) is 0.143. The van der Waals surface area contributed by atoms with E-state index in [2.05, 4.69) is 16.0 Å². The Morgan fingerprint density at radius 2 is 1.71 bits per heavy atom. The zero-order valence-electron chi connectivity index (χ0n) is 19.4. The van der Waals surface area contributed by atoms with E-state index in [0.29, 0.717) is 17.7 Å². The van der Waals surface area contributed by atoms with Crippen LogP contribution in [0, 0.1) is 6.92 Å². The van der Waals surface area contributed by atoms with Crippen LogP contribution in [0.4, 0.5) is 4.79 Å². The van der Waals surface area contributed by atoms with Crippen molar-refractivity contribution < 1.29 is 14.4 Å². The molecule has 4 amide bonds. The predicted octanol–water partition coefficient (Wildman–Crippen LogP) is 4.19. The monoisotopic (exact) mass is 464 g/mol. The number of nitrogens with one attached hydrogen (secondary N) is 3. The smallest absolute Gasteiger partial charge is 0.322 e. The van der Waals surface area contributed by atoms with Gasteiger partial charge in [-0.2, -0.15) is 0 Å². The molecule has 1 saturated heterocycles. The molecule has 1 fully saturated rings. The van der Waals surface area contributed by atoms with Crippen LogP contribution in [0.5, 0.6) is 0 Å². The van der Waals surface area contributed by atoms with Crippen molar-refractivity contribution in [3.63, 3.8) is 0 Å². The highest BCUT2D eigenvalue weighted by Gasteiger charge is 2.43. The molecule has 0 bridgehead atoms. The van der Waals surface area contributed by atoms with Crippen molar-refractivity contribution in [3.05, 3.63) is 101 Å². The Morgan fingerprint density at radius 1 is 0.971 bits per heavy atom. The minimum atomic E-state index is -1.11. The fourth-order valence-electron chi connectivity index (χ4n) is 4.26. The molecule has 1 aromatic heterocycles. The first-order chi connectivity index (χ1) is 16.8. The zero-order valence-corrected chi connectivity index (χ0v) is 19.4. The van der Waals surface area contributed by atoms with Crippen molar-refractivity contribution in [3.8, 4) is 11.3 Å². The van der Waals surface area contributed by atoms with Crippen LogP contribution in [0.15, 0.2) is 78.9 Å². The number of carbonyl (C=O) groups excluding carboxylic acids is 3. The normalized spacial score (nSPS) is 17.2. The molecule has 1 aliphatic rings. The minimum absolute atomic E-state index is 0.196. The summed E-state index contributed by atoms with van der Waals surface area (Å²) in [4.78, 5) is 41.8. The van der Waals surface area contributed by atoms with Gasteiger partial charge in [0.2, 0.25) is 0 Å². The van der Waals surface area contributed by atoms with Crippen LogP contribution in [0.25, 0.3) is 22.2 Å². The van der Waals surface area contributed by atoms with E-state index in [1.165, 1.54) is 0 Å². The van der Waals surface area contributed by atoms with Gasteiger partial charge in [-0.25, -0.2) is 9.78 Å². The average molecular weight is 465 g/mol. The Balaban J connectivity index is 1.39. The molecule has 3 N–H and O–H groups in total. The van der Waals surface area contributed by atoms with E-state index in [4.69, 9.17) is 4.98 Å². The topological polar surface area (TPSA) is 100 Å². The summed E-state index contributed by atoms with van der Waals surface area (Å²) < 4.78 is 0. The summed E-state index contributed by atoms with van der Waals surface area (Å²) in [7, 11) is 0. The molecule has 0 radical (unpaired) electrons. The van der Waals surface area contributed by atoms with E-state index in [1.54, 1.807) is 19.1 Å². The number of urea groups is 1. The molecular formula is C28H24N4O3. The summed E-state index contributed by atoms with van der Waals surface area (Å²) in [6.45, 7) is 3.96. The minimum Gasteiger partial charge on any atom is -0.348 e. The fourth-order valence-corrected chi connectivity index (χ4v) is 4.26. The second kappa shape index (κ2) is 8.68. The average Bonchev–Trinajstić information content (AvgIpc) is 3.14. The van der Waals surface area contributed by atoms with E-state index < -0.39 is 17.5 Å². The van der Waals surface area contributed by atoms with Gasteiger partial charge in [0.15, 0.2) is 0 Å². The van der Waals surface area contributed by atoms with Crippen molar-refractivity contribution in [2.45, 2.75) is 25.9 Å². The number of hydrogen-bond acceptors (Lipinski definition) is 4. The zero-order chi connectivity index (χ0) is 24.6. The second-order valence-corrected chi connectivity index (χ2v) is 8.85. The van der Waals surface area contributed by atoms with Crippen LogP contribution < -0.4 is 16.0 Å². The summed E-state index contributed by atoms with van der Waals surface area (Å²) in [5.74, 6) is -0.587. The van der Waals surface area contributed by atoms with Crippen LogP contribution in [0.2, 0.25) is 0 Å². The summed E-state index contributed by atoms with van der Waals surface area (Å²) in [5.41, 5.74) is 4.47. The van der Waals surface area contributed by atoms with Crippen LogP contribution in [0.3, 0.4) is 0 Å². The summed E-state index contributed by atoms with van der Waals surface area (Å²) in [5, 5.41) is 8.72. The summed E-state index contributed by atoms with van der Waals surface area (Å²) >= 11 is 0. The van der Waals surface area contributed by atoms with Crippen LogP contribution >= 0.6 is 0 Å². The molecule has 7 heteroatoms. The Hall–Kier alpha value is -4.52. The van der Waals surface area contributed by atoms with Gasteiger partial charge in [-0.1, -0.05) is 66.2 Å². The number of nitrogens with zero attached hydrogens (tertiary/aromatic N) is 1. The Bertz CT molecular complexity index is 1470. The van der Waals surface area contributed by atoms with Crippen LogP contribution in [-0.2, 0) is 16.9 Å². The number of carbonyl (C=O) groups is 3. The number of fused-ring (bicyclic) bond motifs is 1. The highest BCUT2D eigenvalue weighted by atomic mass is 16.2. The lowest BCUT2D eigenvalue weighted by Gasteiger charge is -2.21. The first-order valence-corrected chi connectivity index (χ1v) is 11.3. The molecule has 0 saturated carbocycles. The van der Waals surface area contributed by atoms with E-state index in [9.17, 15) is 14.4 Å². The van der Waals surface area contributed by atoms with Gasteiger partial charge in [-0.3, -0.25) is 14.9 Å². The number of pyridine rings is 1. The Labute approximate surface area is 202 Å². The van der Waals surface area contributed by atoms with E-state index in [-0.39, 0.29) is 5.91 Å². The number of rotatable bonds is 5. The molecule has 5 rings (SSSR count). The van der Waals surface area contributed by atoms with E-state index in [1.807, 2.05) is 73.7 Å². The quantitative estimate of drug-likeness (QED) is 0.386. The maximum Gasteiger partial charge on any atom is 0.322 e. The van der Waals surface area contributed by atoms with Crippen LogP contribution in [0.1, 0.15) is 34.0 Å². The predicted molar refractivity (Wildman–Crippen MR) is 134 cm³/mol. The number of imide groups is 1. The molecule has 0 spiro atoms.